The van der Waals surface area contributed by atoms with Gasteiger partial charge in [-0.05, 0) is 19.8 Å². The lowest BCUT2D eigenvalue weighted by Crippen LogP contribution is -2.41. The van der Waals surface area contributed by atoms with E-state index in [4.69, 9.17) is 4.74 Å². The van der Waals surface area contributed by atoms with E-state index < -0.39 is 12.1 Å². The van der Waals surface area contributed by atoms with Gasteiger partial charge in [0.05, 0.1) is 12.5 Å². The first-order valence-corrected chi connectivity index (χ1v) is 5.55. The highest BCUT2D eigenvalue weighted by atomic mass is 19.4. The number of esters is 1. The first-order chi connectivity index (χ1) is 8.34. The first-order valence-electron chi connectivity index (χ1n) is 5.55. The van der Waals surface area contributed by atoms with Crippen LogP contribution in [0.2, 0.25) is 0 Å². The number of nitrogens with zero attached hydrogens (tertiary/aromatic N) is 1. The summed E-state index contributed by atoms with van der Waals surface area (Å²) in [5.74, 6) is -2.94. The third-order valence-corrected chi connectivity index (χ3v) is 2.52. The summed E-state index contributed by atoms with van der Waals surface area (Å²) in [5.41, 5.74) is 0. The second-order valence-electron chi connectivity index (χ2n) is 3.83. The van der Waals surface area contributed by atoms with Crippen LogP contribution in [0.4, 0.5) is 13.2 Å². The molecule has 104 valence electrons. The smallest absolute Gasteiger partial charge is 0.466 e. The lowest BCUT2D eigenvalue weighted by atomic mass is 9.98. The Morgan fingerprint density at radius 2 is 1.83 bits per heavy atom. The molecule has 0 saturated carbocycles. The van der Waals surface area contributed by atoms with Crippen molar-refractivity contribution in [1.29, 1.82) is 0 Å². The number of piperidine rings is 1. The molecular weight excluding hydrogens is 255 g/mol. The molecule has 0 atom stereocenters. The summed E-state index contributed by atoms with van der Waals surface area (Å²) in [6, 6.07) is 0. The van der Waals surface area contributed by atoms with Crippen molar-refractivity contribution in [2.24, 2.45) is 5.92 Å². The van der Waals surface area contributed by atoms with Crippen LogP contribution in [-0.2, 0) is 19.2 Å². The molecule has 0 radical (unpaired) electrons. The number of halogens is 3. The first kappa shape index (κ1) is 14.7. The number of ether oxygens (including phenoxy) is 1. The van der Waals surface area contributed by atoms with Crippen molar-refractivity contribution < 1.29 is 32.3 Å². The zero-order valence-corrected chi connectivity index (χ0v) is 9.83. The van der Waals surface area contributed by atoms with E-state index in [2.05, 4.69) is 4.84 Å². The van der Waals surface area contributed by atoms with Gasteiger partial charge in [-0.1, -0.05) is 0 Å². The minimum Gasteiger partial charge on any atom is -0.466 e. The lowest BCUT2D eigenvalue weighted by molar-refractivity contribution is -0.242. The van der Waals surface area contributed by atoms with Gasteiger partial charge < -0.3 is 9.57 Å². The lowest BCUT2D eigenvalue weighted by Gasteiger charge is -2.29. The second-order valence-corrected chi connectivity index (χ2v) is 3.83. The van der Waals surface area contributed by atoms with Gasteiger partial charge in [0.15, 0.2) is 0 Å². The molecule has 0 unspecified atom stereocenters. The van der Waals surface area contributed by atoms with E-state index in [1.54, 1.807) is 6.92 Å². The van der Waals surface area contributed by atoms with Crippen LogP contribution in [0.5, 0.6) is 0 Å². The summed E-state index contributed by atoms with van der Waals surface area (Å²) >= 11 is 0. The molecule has 1 rings (SSSR count). The van der Waals surface area contributed by atoms with Gasteiger partial charge in [-0.25, -0.2) is 4.79 Å². The van der Waals surface area contributed by atoms with Gasteiger partial charge in [0.25, 0.3) is 0 Å². The van der Waals surface area contributed by atoms with Gasteiger partial charge >= 0.3 is 18.1 Å². The SMILES string of the molecule is CCOC(=O)C1CCN(OC(=O)C(F)(F)F)CC1. The normalized spacial score (nSPS) is 18.4. The standard InChI is InChI=1S/C10H14F3NO4/c1-2-17-8(15)7-3-5-14(6-4-7)18-9(16)10(11,12)13/h7H,2-6H2,1H3. The fourth-order valence-corrected chi connectivity index (χ4v) is 1.61. The Balaban J connectivity index is 2.36. The van der Waals surface area contributed by atoms with Crippen molar-refractivity contribution >= 4 is 11.9 Å². The Bertz CT molecular complexity index is 311. The number of hydroxylamine groups is 2. The molecule has 0 N–H and O–H groups in total. The molecule has 0 aliphatic carbocycles. The number of alkyl halides is 3. The quantitative estimate of drug-likeness (QED) is 0.722. The van der Waals surface area contributed by atoms with E-state index in [9.17, 15) is 22.8 Å². The van der Waals surface area contributed by atoms with Crippen LogP contribution < -0.4 is 0 Å². The van der Waals surface area contributed by atoms with Crippen molar-refractivity contribution in [2.75, 3.05) is 19.7 Å². The predicted molar refractivity (Wildman–Crippen MR) is 53.1 cm³/mol. The van der Waals surface area contributed by atoms with Gasteiger partial charge in [0.1, 0.15) is 0 Å². The largest absolute Gasteiger partial charge is 0.492 e. The minimum atomic E-state index is -5.00. The van der Waals surface area contributed by atoms with Crippen LogP contribution in [-0.4, -0.2) is 42.9 Å². The molecular formula is C10H14F3NO4. The molecule has 1 heterocycles. The van der Waals surface area contributed by atoms with E-state index in [-0.39, 0.29) is 31.6 Å². The van der Waals surface area contributed by atoms with Crippen molar-refractivity contribution in [3.63, 3.8) is 0 Å². The van der Waals surface area contributed by atoms with Crippen LogP contribution in [0.1, 0.15) is 19.8 Å². The summed E-state index contributed by atoms with van der Waals surface area (Å²) in [6.45, 7) is 2.12. The molecule has 0 aromatic rings. The van der Waals surface area contributed by atoms with Gasteiger partial charge in [-0.15, -0.1) is 5.06 Å². The molecule has 0 amide bonds. The molecule has 0 bridgehead atoms. The Morgan fingerprint density at radius 1 is 1.28 bits per heavy atom. The third kappa shape index (κ3) is 4.17. The minimum absolute atomic E-state index is 0.0886. The molecule has 0 spiro atoms. The van der Waals surface area contributed by atoms with Crippen LogP contribution in [0.3, 0.4) is 0 Å². The van der Waals surface area contributed by atoms with E-state index in [0.29, 0.717) is 12.8 Å². The van der Waals surface area contributed by atoms with E-state index in [1.807, 2.05) is 0 Å². The van der Waals surface area contributed by atoms with Crippen LogP contribution in [0.15, 0.2) is 0 Å². The molecule has 1 aliphatic heterocycles. The number of hydrogen-bond acceptors (Lipinski definition) is 5. The molecule has 1 fully saturated rings. The van der Waals surface area contributed by atoms with Crippen molar-refractivity contribution in [1.82, 2.24) is 5.06 Å². The van der Waals surface area contributed by atoms with Crippen LogP contribution in [0.25, 0.3) is 0 Å². The molecule has 0 aromatic carbocycles. The van der Waals surface area contributed by atoms with Crippen molar-refractivity contribution in [3.8, 4) is 0 Å². The molecule has 1 aliphatic rings. The van der Waals surface area contributed by atoms with Gasteiger partial charge in [0.2, 0.25) is 0 Å². The number of carbonyl (C=O) groups excluding carboxylic acids is 2. The molecule has 1 saturated heterocycles. The Labute approximate surface area is 102 Å². The van der Waals surface area contributed by atoms with Gasteiger partial charge in [-0.2, -0.15) is 13.2 Å². The zero-order valence-electron chi connectivity index (χ0n) is 9.83. The molecule has 18 heavy (non-hydrogen) atoms. The fourth-order valence-electron chi connectivity index (χ4n) is 1.61. The summed E-state index contributed by atoms with van der Waals surface area (Å²) < 4.78 is 40.6. The summed E-state index contributed by atoms with van der Waals surface area (Å²) in [7, 11) is 0. The molecule has 0 aromatic heterocycles. The zero-order chi connectivity index (χ0) is 13.8. The molecule has 5 nitrogen and oxygen atoms in total. The highest BCUT2D eigenvalue weighted by molar-refractivity contribution is 5.75. The fraction of sp³-hybridized carbons (Fsp3) is 0.800. The maximum atomic E-state index is 11.9. The Morgan fingerprint density at radius 3 is 2.28 bits per heavy atom. The Kier molecular flexibility index (Phi) is 4.94. The predicted octanol–water partition coefficient (Wildman–Crippen LogP) is 1.28. The highest BCUT2D eigenvalue weighted by Gasteiger charge is 2.43. The van der Waals surface area contributed by atoms with Gasteiger partial charge in [0, 0.05) is 13.1 Å². The topological polar surface area (TPSA) is 55.8 Å². The van der Waals surface area contributed by atoms with E-state index in [1.165, 1.54) is 0 Å². The van der Waals surface area contributed by atoms with E-state index in [0.717, 1.165) is 5.06 Å². The monoisotopic (exact) mass is 269 g/mol. The highest BCUT2D eigenvalue weighted by Crippen LogP contribution is 2.22. The molecule has 8 heteroatoms. The Hall–Kier alpha value is -1.31. The number of rotatable bonds is 3. The summed E-state index contributed by atoms with van der Waals surface area (Å²) in [6.07, 6.45) is -4.38. The number of hydrogen-bond donors (Lipinski definition) is 0. The van der Waals surface area contributed by atoms with Crippen molar-refractivity contribution in [2.45, 2.75) is 25.9 Å². The average Bonchev–Trinajstić information content (AvgIpc) is 2.29. The van der Waals surface area contributed by atoms with E-state index >= 15 is 0 Å². The number of carbonyl (C=O) groups is 2. The maximum absolute atomic E-state index is 11.9. The van der Waals surface area contributed by atoms with Crippen LogP contribution in [0, 0.1) is 5.92 Å². The summed E-state index contributed by atoms with van der Waals surface area (Å²) in [4.78, 5) is 26.1. The van der Waals surface area contributed by atoms with Gasteiger partial charge in [-0.3, -0.25) is 4.79 Å². The second kappa shape index (κ2) is 6.03. The summed E-state index contributed by atoms with van der Waals surface area (Å²) in [5, 5.41) is 0.922. The van der Waals surface area contributed by atoms with Crippen molar-refractivity contribution in [3.05, 3.63) is 0 Å². The van der Waals surface area contributed by atoms with Crippen LogP contribution >= 0.6 is 0 Å². The maximum Gasteiger partial charge on any atom is 0.492 e. The average molecular weight is 269 g/mol. The third-order valence-electron chi connectivity index (χ3n) is 2.52.